The third-order valence-corrected chi connectivity index (χ3v) is 1.54. The van der Waals surface area contributed by atoms with Crippen molar-refractivity contribution in [1.82, 2.24) is 0 Å². The van der Waals surface area contributed by atoms with Gasteiger partial charge in [-0.2, -0.15) is 13.2 Å². The van der Waals surface area contributed by atoms with Crippen molar-refractivity contribution in [3.05, 3.63) is 36.5 Å². The average molecular weight is 246 g/mol. The minimum absolute atomic E-state index is 0. The summed E-state index contributed by atoms with van der Waals surface area (Å²) in [4.78, 5) is 0. The number of halogens is 4. The molecule has 0 heterocycles. The van der Waals surface area contributed by atoms with Crippen molar-refractivity contribution in [2.75, 3.05) is 5.73 Å². The van der Waals surface area contributed by atoms with Crippen molar-refractivity contribution in [1.29, 1.82) is 0 Å². The minimum atomic E-state index is -4.58. The molecule has 6 heteroatoms. The van der Waals surface area contributed by atoms with Crippen LogP contribution in [0.15, 0.2) is 6.07 Å². The molecule has 0 saturated heterocycles. The van der Waals surface area contributed by atoms with E-state index < -0.39 is 17.6 Å². The van der Waals surface area contributed by atoms with Gasteiger partial charge in [0.25, 0.3) is 0 Å². The van der Waals surface area contributed by atoms with Gasteiger partial charge in [0.2, 0.25) is 0 Å². The average Bonchev–Trinajstić information content (AvgIpc) is 1.94. The summed E-state index contributed by atoms with van der Waals surface area (Å²) in [6.07, 6.45) is -4.58. The Labute approximate surface area is 128 Å². The van der Waals surface area contributed by atoms with Crippen molar-refractivity contribution < 1.29 is 68.9 Å². The molecule has 0 atom stereocenters. The molecule has 1 rings (SSSR count). The fourth-order valence-electron chi connectivity index (χ4n) is 0.944. The van der Waals surface area contributed by atoms with E-state index in [1.807, 2.05) is 0 Å². The molecule has 15 heavy (non-hydrogen) atoms. The number of hydrogen-bond donors (Lipinski definition) is 1. The number of alkyl halides is 3. The molecule has 0 unspecified atom stereocenters. The van der Waals surface area contributed by atoms with Gasteiger partial charge in [0.1, 0.15) is 0 Å². The zero-order valence-corrected chi connectivity index (χ0v) is 11.8. The Kier molecular flexibility index (Phi) is 7.34. The fraction of sp³-hybridized carbons (Fsp3) is 0.222. The summed E-state index contributed by atoms with van der Waals surface area (Å²) >= 11 is 0. The van der Waals surface area contributed by atoms with Crippen LogP contribution in [0.1, 0.15) is 11.1 Å². The zero-order chi connectivity index (χ0) is 10.2. The molecule has 0 spiro atoms. The Bertz CT molecular complexity index is 336. The number of benzene rings is 1. The van der Waals surface area contributed by atoms with Gasteiger partial charge in [-0.1, -0.05) is 12.5 Å². The second-order valence-corrected chi connectivity index (χ2v) is 2.59. The van der Waals surface area contributed by atoms with E-state index in [9.17, 15) is 17.6 Å². The maximum atomic E-state index is 12.6. The molecule has 80 valence electrons. The zero-order valence-electron chi connectivity index (χ0n) is 8.67. The molecule has 0 bridgehead atoms. The van der Waals surface area contributed by atoms with Gasteiger partial charge < -0.3 is 13.2 Å². The monoisotopic (exact) mass is 246 g/mol. The van der Waals surface area contributed by atoms with E-state index >= 15 is 0 Å². The van der Waals surface area contributed by atoms with Crippen LogP contribution in [0.3, 0.4) is 0 Å². The second kappa shape index (κ2) is 6.20. The largest absolute Gasteiger partial charge is 1.00 e. The van der Waals surface area contributed by atoms with E-state index in [2.05, 4.69) is 0 Å². The standard InChI is InChI=1S/C8H6F4N.CH3.K/c1-4-2-7(13)6(9)3-5(4)8(10,11)12;;/h2H,13H2,1H3;1H3;/q2*-1;+1. The summed E-state index contributed by atoms with van der Waals surface area (Å²) in [7, 11) is 0. The van der Waals surface area contributed by atoms with Crippen molar-refractivity contribution in [3.63, 3.8) is 0 Å². The van der Waals surface area contributed by atoms with E-state index in [0.717, 1.165) is 6.07 Å². The Hall–Kier alpha value is 0.376. The van der Waals surface area contributed by atoms with Crippen LogP contribution in [0.5, 0.6) is 0 Å². The smallest absolute Gasteiger partial charge is 0.447 e. The summed E-state index contributed by atoms with van der Waals surface area (Å²) in [6.45, 7) is 1.20. The molecule has 0 radical (unpaired) electrons. The molecular weight excluding hydrogens is 237 g/mol. The van der Waals surface area contributed by atoms with Crippen molar-refractivity contribution in [2.24, 2.45) is 0 Å². The molecule has 0 aromatic heterocycles. The Morgan fingerprint density at radius 2 is 1.80 bits per heavy atom. The quantitative estimate of drug-likeness (QED) is 0.296. The first kappa shape index (κ1) is 17.8. The molecule has 0 saturated carbocycles. The van der Waals surface area contributed by atoms with E-state index in [1.165, 1.54) is 6.92 Å². The molecule has 0 aliphatic carbocycles. The van der Waals surface area contributed by atoms with Gasteiger partial charge in [0, 0.05) is 5.82 Å². The predicted molar refractivity (Wildman–Crippen MR) is 45.8 cm³/mol. The van der Waals surface area contributed by atoms with Crippen molar-refractivity contribution in [3.8, 4) is 0 Å². The fourth-order valence-corrected chi connectivity index (χ4v) is 0.944. The molecule has 0 aliphatic heterocycles. The topological polar surface area (TPSA) is 26.0 Å². The van der Waals surface area contributed by atoms with Crippen LogP contribution in [0.4, 0.5) is 23.2 Å². The van der Waals surface area contributed by atoms with Gasteiger partial charge in [-0.15, -0.1) is 17.7 Å². The summed E-state index contributed by atoms with van der Waals surface area (Å²) < 4.78 is 49.0. The predicted octanol–water partition coefficient (Wildman–Crippen LogP) is -0.0104. The first-order valence-electron chi connectivity index (χ1n) is 3.37. The van der Waals surface area contributed by atoms with Gasteiger partial charge in [-0.05, 0) is 5.69 Å². The number of nitrogen functional groups attached to an aromatic ring is 1. The van der Waals surface area contributed by atoms with E-state index in [-0.39, 0.29) is 70.1 Å². The first-order valence-corrected chi connectivity index (χ1v) is 3.37. The molecule has 1 aromatic rings. The third kappa shape index (κ3) is 4.40. The van der Waals surface area contributed by atoms with Crippen LogP contribution in [-0.4, -0.2) is 0 Å². The van der Waals surface area contributed by atoms with E-state index in [1.54, 1.807) is 6.07 Å². The van der Waals surface area contributed by atoms with Crippen LogP contribution in [-0.2, 0) is 6.18 Å². The number of rotatable bonds is 0. The number of nitrogens with two attached hydrogens (primary N) is 1. The Balaban J connectivity index is 0. The van der Waals surface area contributed by atoms with Gasteiger partial charge in [-0.3, -0.25) is 0 Å². The molecule has 0 fully saturated rings. The molecular formula is C9H9F4KN-. The van der Waals surface area contributed by atoms with Crippen molar-refractivity contribution in [2.45, 2.75) is 13.1 Å². The van der Waals surface area contributed by atoms with Crippen LogP contribution >= 0.6 is 0 Å². The van der Waals surface area contributed by atoms with Crippen LogP contribution in [0, 0.1) is 26.2 Å². The maximum absolute atomic E-state index is 12.6. The number of aryl methyl sites for hydroxylation is 1. The Morgan fingerprint density at radius 3 is 2.20 bits per heavy atom. The number of anilines is 1. The summed E-state index contributed by atoms with van der Waals surface area (Å²) in [5.74, 6) is -1.17. The molecule has 1 nitrogen and oxygen atoms in total. The van der Waals surface area contributed by atoms with Gasteiger partial charge in [-0.25, -0.2) is 4.39 Å². The van der Waals surface area contributed by atoms with Gasteiger partial charge in [0.05, 0.1) is 0 Å². The molecule has 0 amide bonds. The van der Waals surface area contributed by atoms with Crippen LogP contribution < -0.4 is 57.1 Å². The van der Waals surface area contributed by atoms with Gasteiger partial charge in [0.15, 0.2) is 0 Å². The molecule has 1 aromatic carbocycles. The third-order valence-electron chi connectivity index (χ3n) is 1.54. The first-order chi connectivity index (χ1) is 5.82. The minimum Gasteiger partial charge on any atom is -0.447 e. The summed E-state index contributed by atoms with van der Waals surface area (Å²) in [5, 5.41) is 0. The summed E-state index contributed by atoms with van der Waals surface area (Å²) in [6, 6.07) is 2.51. The van der Waals surface area contributed by atoms with E-state index in [4.69, 9.17) is 5.73 Å². The Morgan fingerprint density at radius 1 is 1.33 bits per heavy atom. The van der Waals surface area contributed by atoms with Gasteiger partial charge >= 0.3 is 57.6 Å². The number of hydrogen-bond acceptors (Lipinski definition) is 1. The van der Waals surface area contributed by atoms with Crippen molar-refractivity contribution >= 4 is 5.69 Å². The second-order valence-electron chi connectivity index (χ2n) is 2.59. The molecule has 0 aliphatic rings. The van der Waals surface area contributed by atoms with Crippen LogP contribution in [0.25, 0.3) is 0 Å². The van der Waals surface area contributed by atoms with E-state index in [0.29, 0.717) is 0 Å². The SMILES string of the molecule is Cc1cc(N)c(F)[c-]c1C(F)(F)F.[CH3-].[K+]. The van der Waals surface area contributed by atoms with Crippen LogP contribution in [0.2, 0.25) is 0 Å². The normalized spacial score (nSPS) is 10.2. The summed E-state index contributed by atoms with van der Waals surface area (Å²) in [5.41, 5.74) is 3.49. The maximum Gasteiger partial charge on any atom is 1.00 e. The molecule has 2 N–H and O–H groups in total.